The number of halogens is 2. The van der Waals surface area contributed by atoms with Crippen LogP contribution in [0.1, 0.15) is 11.3 Å². The number of morpholine rings is 1. The minimum atomic E-state index is -0.704. The summed E-state index contributed by atoms with van der Waals surface area (Å²) in [6.45, 7) is 4.21. The van der Waals surface area contributed by atoms with Gasteiger partial charge >= 0.3 is 0 Å². The van der Waals surface area contributed by atoms with Crippen LogP contribution in [0.25, 0.3) is 11.3 Å². The number of methoxy groups -OCH3 is 1. The number of H-pyrrole nitrogens is 1. The predicted molar refractivity (Wildman–Crippen MR) is 117 cm³/mol. The van der Waals surface area contributed by atoms with Crippen LogP contribution < -0.4 is 10.2 Å². The molecule has 1 unspecified atom stereocenters. The average Bonchev–Trinajstić information content (AvgIpc) is 3.05. The number of ether oxygens (including phenoxy) is 2. The summed E-state index contributed by atoms with van der Waals surface area (Å²) in [4.78, 5) is 11.2. The Morgan fingerprint density at radius 2 is 2.09 bits per heavy atom. The Hall–Kier alpha value is -3.37. The number of fused-ring (bicyclic) bond motifs is 3. The van der Waals surface area contributed by atoms with Crippen molar-refractivity contribution in [1.29, 1.82) is 0 Å². The van der Waals surface area contributed by atoms with Crippen LogP contribution >= 0.6 is 0 Å². The second-order valence-electron chi connectivity index (χ2n) is 7.71. The second-order valence-corrected chi connectivity index (χ2v) is 7.71. The molecule has 0 spiro atoms. The van der Waals surface area contributed by atoms with Gasteiger partial charge in [-0.2, -0.15) is 5.10 Å². The number of aliphatic imine (C=N–C) groups is 1. The van der Waals surface area contributed by atoms with Crippen molar-refractivity contribution in [1.82, 2.24) is 15.2 Å². The molecule has 2 aliphatic heterocycles. The highest BCUT2D eigenvalue weighted by Crippen LogP contribution is 2.40. The molecule has 0 bridgehead atoms. The van der Waals surface area contributed by atoms with Crippen molar-refractivity contribution >= 4 is 23.0 Å². The zero-order valence-electron chi connectivity index (χ0n) is 17.7. The van der Waals surface area contributed by atoms with E-state index in [4.69, 9.17) is 9.47 Å². The number of nitrogens with one attached hydrogen (secondary N) is 2. The van der Waals surface area contributed by atoms with E-state index in [9.17, 15) is 8.78 Å². The molecule has 32 heavy (non-hydrogen) atoms. The summed E-state index contributed by atoms with van der Waals surface area (Å²) in [5.74, 6) is -0.595. The van der Waals surface area contributed by atoms with E-state index in [1.165, 1.54) is 18.2 Å². The van der Waals surface area contributed by atoms with Gasteiger partial charge in [0.2, 0.25) is 0 Å². The first-order valence-electron chi connectivity index (χ1n) is 10.3. The van der Waals surface area contributed by atoms with E-state index < -0.39 is 11.6 Å². The molecule has 3 aromatic rings. The van der Waals surface area contributed by atoms with Gasteiger partial charge in [0.25, 0.3) is 0 Å². The molecular formula is C22H22F2N6O2. The van der Waals surface area contributed by atoms with Crippen LogP contribution in [-0.2, 0) is 9.47 Å². The highest BCUT2D eigenvalue weighted by atomic mass is 19.1. The van der Waals surface area contributed by atoms with Crippen LogP contribution in [0.2, 0.25) is 0 Å². The third-order valence-electron chi connectivity index (χ3n) is 5.55. The van der Waals surface area contributed by atoms with Crippen LogP contribution in [-0.4, -0.2) is 60.5 Å². The number of aromatic nitrogens is 3. The lowest BCUT2D eigenvalue weighted by Gasteiger charge is -2.33. The topological polar surface area (TPSA) is 87.7 Å². The Morgan fingerprint density at radius 3 is 2.88 bits per heavy atom. The first kappa shape index (κ1) is 20.5. The average molecular weight is 440 g/mol. The molecule has 0 aliphatic carbocycles. The van der Waals surface area contributed by atoms with Crippen molar-refractivity contribution < 1.29 is 18.3 Å². The summed E-state index contributed by atoms with van der Waals surface area (Å²) in [6, 6.07) is 5.63. The van der Waals surface area contributed by atoms with Gasteiger partial charge in [0.1, 0.15) is 34.7 Å². The molecule has 2 aliphatic rings. The lowest BCUT2D eigenvalue weighted by Crippen LogP contribution is -2.44. The van der Waals surface area contributed by atoms with Gasteiger partial charge in [0.15, 0.2) is 0 Å². The van der Waals surface area contributed by atoms with E-state index in [1.807, 2.05) is 13.0 Å². The molecule has 166 valence electrons. The van der Waals surface area contributed by atoms with Crippen molar-refractivity contribution in [3.8, 4) is 11.3 Å². The maximum atomic E-state index is 14.5. The van der Waals surface area contributed by atoms with E-state index in [2.05, 4.69) is 30.4 Å². The fourth-order valence-corrected chi connectivity index (χ4v) is 3.98. The monoisotopic (exact) mass is 440 g/mol. The Bertz CT molecular complexity index is 1170. The van der Waals surface area contributed by atoms with E-state index in [0.717, 1.165) is 11.4 Å². The molecule has 0 radical (unpaired) electrons. The van der Waals surface area contributed by atoms with Gasteiger partial charge in [-0.3, -0.25) is 5.10 Å². The van der Waals surface area contributed by atoms with Crippen molar-refractivity contribution in [3.05, 3.63) is 53.4 Å². The Kier molecular flexibility index (Phi) is 5.32. The SMILES string of the molecule is COCC1CN(c2cc3c(cn2)NC(c2c(F)cccc2F)=Nc2c-3n[nH]c2C)CCO1. The van der Waals surface area contributed by atoms with Crippen molar-refractivity contribution in [3.63, 3.8) is 0 Å². The molecule has 0 saturated carbocycles. The minimum absolute atomic E-state index is 0.0466. The largest absolute Gasteiger partial charge is 0.382 e. The van der Waals surface area contributed by atoms with Crippen molar-refractivity contribution in [2.75, 3.05) is 43.6 Å². The number of hydrogen-bond acceptors (Lipinski definition) is 7. The van der Waals surface area contributed by atoms with Gasteiger partial charge in [-0.15, -0.1) is 0 Å². The molecule has 2 aromatic heterocycles. The highest BCUT2D eigenvalue weighted by Gasteiger charge is 2.27. The quantitative estimate of drug-likeness (QED) is 0.647. The molecule has 0 amide bonds. The Balaban J connectivity index is 1.58. The number of aryl methyl sites for hydroxylation is 1. The summed E-state index contributed by atoms with van der Waals surface area (Å²) >= 11 is 0. The fourth-order valence-electron chi connectivity index (χ4n) is 3.98. The van der Waals surface area contributed by atoms with Gasteiger partial charge in [0, 0.05) is 25.8 Å². The van der Waals surface area contributed by atoms with Crippen LogP contribution in [0.4, 0.5) is 26.0 Å². The minimum Gasteiger partial charge on any atom is -0.382 e. The standard InChI is InChI=1S/C22H22F2N6O2/c1-12-20-21(29-28-12)14-8-18(30-6-7-32-13(10-30)11-31-2)25-9-17(14)26-22(27-20)19-15(23)4-3-5-16(19)24/h3-5,8-9,13H,6-7,10-11H2,1-2H3,(H,26,27)(H,28,29). The van der Waals surface area contributed by atoms with Gasteiger partial charge in [-0.25, -0.2) is 18.8 Å². The van der Waals surface area contributed by atoms with Crippen LogP contribution in [0.15, 0.2) is 35.5 Å². The number of benzene rings is 1. The second kappa shape index (κ2) is 8.29. The summed E-state index contributed by atoms with van der Waals surface area (Å²) in [5, 5.41) is 10.4. The number of amidine groups is 1. The summed E-state index contributed by atoms with van der Waals surface area (Å²) < 4.78 is 40.0. The number of pyridine rings is 1. The molecule has 1 aromatic carbocycles. The van der Waals surface area contributed by atoms with Gasteiger partial charge in [0.05, 0.1) is 42.5 Å². The van der Waals surface area contributed by atoms with E-state index in [1.54, 1.807) is 13.3 Å². The normalized spacial score (nSPS) is 17.8. The number of anilines is 2. The van der Waals surface area contributed by atoms with Crippen LogP contribution in [0.3, 0.4) is 0 Å². The first-order chi connectivity index (χ1) is 15.5. The Morgan fingerprint density at radius 1 is 1.28 bits per heavy atom. The lowest BCUT2D eigenvalue weighted by atomic mass is 10.1. The van der Waals surface area contributed by atoms with Gasteiger partial charge in [-0.1, -0.05) is 6.07 Å². The molecule has 10 heteroatoms. The first-order valence-corrected chi connectivity index (χ1v) is 10.3. The number of rotatable bonds is 4. The molecule has 1 fully saturated rings. The zero-order valence-corrected chi connectivity index (χ0v) is 17.7. The third kappa shape index (κ3) is 3.61. The van der Waals surface area contributed by atoms with E-state index in [0.29, 0.717) is 49.1 Å². The van der Waals surface area contributed by atoms with Crippen LogP contribution in [0, 0.1) is 18.6 Å². The number of nitrogens with zero attached hydrogens (tertiary/aromatic N) is 4. The molecular weight excluding hydrogens is 418 g/mol. The lowest BCUT2D eigenvalue weighted by molar-refractivity contribution is -0.0102. The predicted octanol–water partition coefficient (Wildman–Crippen LogP) is 3.41. The zero-order chi connectivity index (χ0) is 22.2. The van der Waals surface area contributed by atoms with Gasteiger partial charge in [-0.05, 0) is 25.1 Å². The molecule has 1 saturated heterocycles. The molecule has 2 N–H and O–H groups in total. The maximum absolute atomic E-state index is 14.5. The van der Waals surface area contributed by atoms with E-state index >= 15 is 0 Å². The fraction of sp³-hybridized carbons (Fsp3) is 0.318. The van der Waals surface area contributed by atoms with Crippen molar-refractivity contribution in [2.45, 2.75) is 13.0 Å². The van der Waals surface area contributed by atoms with Crippen molar-refractivity contribution in [2.24, 2.45) is 4.99 Å². The summed E-state index contributed by atoms with van der Waals surface area (Å²) in [6.07, 6.45) is 1.59. The third-order valence-corrected chi connectivity index (χ3v) is 5.55. The molecule has 8 nitrogen and oxygen atoms in total. The molecule has 1 atom stereocenters. The van der Waals surface area contributed by atoms with E-state index in [-0.39, 0.29) is 17.5 Å². The number of aromatic amines is 1. The smallest absolute Gasteiger partial charge is 0.144 e. The van der Waals surface area contributed by atoms with Crippen LogP contribution in [0.5, 0.6) is 0 Å². The number of hydrogen-bond donors (Lipinski definition) is 2. The molecule has 4 heterocycles. The maximum Gasteiger partial charge on any atom is 0.144 e. The Labute approximate surface area is 183 Å². The summed E-state index contributed by atoms with van der Waals surface area (Å²) in [5.41, 5.74) is 2.86. The highest BCUT2D eigenvalue weighted by molar-refractivity contribution is 6.13. The molecule has 5 rings (SSSR count). The van der Waals surface area contributed by atoms with Gasteiger partial charge < -0.3 is 19.7 Å². The summed E-state index contributed by atoms with van der Waals surface area (Å²) in [7, 11) is 1.64.